The van der Waals surface area contributed by atoms with E-state index in [-0.39, 0.29) is 24.1 Å². The number of esters is 2. The van der Waals surface area contributed by atoms with E-state index in [0.29, 0.717) is 25.4 Å². The second-order valence-corrected chi connectivity index (χ2v) is 4.80. The van der Waals surface area contributed by atoms with Crippen molar-refractivity contribution in [1.29, 1.82) is 0 Å². The molecule has 2 aliphatic heterocycles. The Bertz CT molecular complexity index is 380. The Balaban J connectivity index is 0.000000211. The molecule has 0 aromatic rings. The molecule has 6 heteroatoms. The third-order valence-electron chi connectivity index (χ3n) is 2.75. The Morgan fingerprint density at radius 3 is 2.38 bits per heavy atom. The molecular formula is C15H22O6. The lowest BCUT2D eigenvalue weighted by Crippen LogP contribution is -2.16. The number of hydrogen-bond acceptors (Lipinski definition) is 6. The molecule has 2 fully saturated rings. The van der Waals surface area contributed by atoms with Crippen molar-refractivity contribution in [2.45, 2.75) is 32.0 Å². The number of rotatable bonds is 6. The molecule has 0 saturated carbocycles. The molecule has 6 nitrogen and oxygen atoms in total. The highest BCUT2D eigenvalue weighted by atomic mass is 16.6. The lowest BCUT2D eigenvalue weighted by molar-refractivity contribution is -0.141. The van der Waals surface area contributed by atoms with Gasteiger partial charge in [0.05, 0.1) is 12.7 Å². The van der Waals surface area contributed by atoms with Crippen LogP contribution in [0, 0.1) is 0 Å². The van der Waals surface area contributed by atoms with Gasteiger partial charge in [-0.1, -0.05) is 13.2 Å². The van der Waals surface area contributed by atoms with Gasteiger partial charge in [-0.15, -0.1) is 0 Å². The molecule has 0 N–H and O–H groups in total. The average molecular weight is 298 g/mol. The smallest absolute Gasteiger partial charge is 0.333 e. The van der Waals surface area contributed by atoms with Gasteiger partial charge in [0.1, 0.15) is 19.3 Å². The predicted molar refractivity (Wildman–Crippen MR) is 75.6 cm³/mol. The maximum Gasteiger partial charge on any atom is 0.333 e. The fourth-order valence-electron chi connectivity index (χ4n) is 1.47. The van der Waals surface area contributed by atoms with E-state index in [9.17, 15) is 9.59 Å². The van der Waals surface area contributed by atoms with Gasteiger partial charge in [0.15, 0.2) is 0 Å². The van der Waals surface area contributed by atoms with E-state index in [2.05, 4.69) is 13.2 Å². The monoisotopic (exact) mass is 298 g/mol. The van der Waals surface area contributed by atoms with Crippen LogP contribution in [0.15, 0.2) is 24.8 Å². The van der Waals surface area contributed by atoms with Crippen LogP contribution in [0.25, 0.3) is 0 Å². The first-order valence-corrected chi connectivity index (χ1v) is 6.88. The molecule has 21 heavy (non-hydrogen) atoms. The van der Waals surface area contributed by atoms with Crippen LogP contribution in [0.2, 0.25) is 0 Å². The zero-order valence-corrected chi connectivity index (χ0v) is 12.3. The van der Waals surface area contributed by atoms with Crippen molar-refractivity contribution < 1.29 is 28.5 Å². The topological polar surface area (TPSA) is 74.4 Å². The molecule has 0 aliphatic carbocycles. The van der Waals surface area contributed by atoms with Crippen molar-refractivity contribution in [3.8, 4) is 0 Å². The molecule has 2 rings (SSSR count). The minimum absolute atomic E-state index is 0.110. The Kier molecular flexibility index (Phi) is 7.71. The summed E-state index contributed by atoms with van der Waals surface area (Å²) in [6, 6.07) is 0. The lowest BCUT2D eigenvalue weighted by Gasteiger charge is -2.07. The molecule has 2 heterocycles. The van der Waals surface area contributed by atoms with Crippen LogP contribution in [-0.2, 0) is 28.5 Å². The predicted octanol–water partition coefficient (Wildman–Crippen LogP) is 1.40. The second-order valence-electron chi connectivity index (χ2n) is 4.80. The minimum atomic E-state index is -0.375. The van der Waals surface area contributed by atoms with Crippen molar-refractivity contribution in [3.63, 3.8) is 0 Å². The SMILES string of the molecule is C=C(C)C(=O)OCC1CO1.C=CC(=O)OCC1CCCO1. The average Bonchev–Trinajstić information content (AvgIpc) is 3.16. The van der Waals surface area contributed by atoms with E-state index in [1.54, 1.807) is 6.92 Å². The van der Waals surface area contributed by atoms with Gasteiger partial charge in [-0.2, -0.15) is 0 Å². The van der Waals surface area contributed by atoms with Crippen molar-refractivity contribution in [2.75, 3.05) is 26.4 Å². The Morgan fingerprint density at radius 1 is 1.24 bits per heavy atom. The third kappa shape index (κ3) is 8.27. The standard InChI is InChI=1S/C8H12O3.C7H10O3/c1-2-8(9)11-6-7-4-3-5-10-7;1-5(2)7(8)10-4-6-3-9-6/h2,7H,1,3-6H2;6H,1,3-4H2,2H3. The fraction of sp³-hybridized carbons (Fsp3) is 0.600. The van der Waals surface area contributed by atoms with Crippen LogP contribution in [0.1, 0.15) is 19.8 Å². The number of ether oxygens (including phenoxy) is 4. The number of hydrogen-bond donors (Lipinski definition) is 0. The summed E-state index contributed by atoms with van der Waals surface area (Å²) in [5.41, 5.74) is 0.431. The van der Waals surface area contributed by atoms with Gasteiger partial charge in [0.25, 0.3) is 0 Å². The molecule has 2 unspecified atom stereocenters. The van der Waals surface area contributed by atoms with Crippen molar-refractivity contribution in [3.05, 3.63) is 24.8 Å². The van der Waals surface area contributed by atoms with E-state index >= 15 is 0 Å². The van der Waals surface area contributed by atoms with Crippen molar-refractivity contribution >= 4 is 11.9 Å². The summed E-state index contributed by atoms with van der Waals surface area (Å²) in [5, 5.41) is 0. The van der Waals surface area contributed by atoms with E-state index in [4.69, 9.17) is 18.9 Å². The lowest BCUT2D eigenvalue weighted by atomic mass is 10.2. The summed E-state index contributed by atoms with van der Waals surface area (Å²) >= 11 is 0. The molecule has 2 saturated heterocycles. The first kappa shape index (κ1) is 17.4. The van der Waals surface area contributed by atoms with E-state index in [1.165, 1.54) is 0 Å². The van der Waals surface area contributed by atoms with Gasteiger partial charge in [0, 0.05) is 18.3 Å². The molecule has 2 atom stereocenters. The van der Waals surface area contributed by atoms with Gasteiger partial charge in [0.2, 0.25) is 0 Å². The molecule has 118 valence electrons. The van der Waals surface area contributed by atoms with Crippen LogP contribution in [0.4, 0.5) is 0 Å². The molecule has 0 aromatic heterocycles. The van der Waals surface area contributed by atoms with Crippen molar-refractivity contribution in [2.24, 2.45) is 0 Å². The quantitative estimate of drug-likeness (QED) is 0.419. The third-order valence-corrected chi connectivity index (χ3v) is 2.75. The largest absolute Gasteiger partial charge is 0.460 e. The Morgan fingerprint density at radius 2 is 1.90 bits per heavy atom. The van der Waals surface area contributed by atoms with Gasteiger partial charge < -0.3 is 18.9 Å². The van der Waals surface area contributed by atoms with Crippen LogP contribution < -0.4 is 0 Å². The molecule has 0 amide bonds. The molecule has 0 spiro atoms. The maximum atomic E-state index is 10.7. The first-order valence-electron chi connectivity index (χ1n) is 6.88. The fourth-order valence-corrected chi connectivity index (χ4v) is 1.47. The maximum absolute atomic E-state index is 10.7. The zero-order valence-electron chi connectivity index (χ0n) is 12.3. The zero-order chi connectivity index (χ0) is 15.7. The summed E-state index contributed by atoms with van der Waals surface area (Å²) in [4.78, 5) is 21.3. The van der Waals surface area contributed by atoms with E-state index in [0.717, 1.165) is 25.5 Å². The number of carbonyl (C=O) groups excluding carboxylic acids is 2. The summed E-state index contributed by atoms with van der Waals surface area (Å²) in [7, 11) is 0. The summed E-state index contributed by atoms with van der Waals surface area (Å²) < 4.78 is 19.6. The van der Waals surface area contributed by atoms with Crippen LogP contribution in [0.5, 0.6) is 0 Å². The molecule has 0 radical (unpaired) electrons. The number of epoxide rings is 1. The highest BCUT2D eigenvalue weighted by Crippen LogP contribution is 2.11. The molecule has 0 aromatic carbocycles. The highest BCUT2D eigenvalue weighted by Gasteiger charge is 2.24. The van der Waals surface area contributed by atoms with Crippen molar-refractivity contribution in [1.82, 2.24) is 0 Å². The molecule has 2 aliphatic rings. The van der Waals surface area contributed by atoms with Gasteiger partial charge >= 0.3 is 11.9 Å². The van der Waals surface area contributed by atoms with E-state index < -0.39 is 0 Å². The van der Waals surface area contributed by atoms with Crippen LogP contribution in [0.3, 0.4) is 0 Å². The van der Waals surface area contributed by atoms with E-state index in [1.807, 2.05) is 0 Å². The van der Waals surface area contributed by atoms with Crippen LogP contribution in [-0.4, -0.2) is 50.6 Å². The second kappa shape index (κ2) is 9.31. The minimum Gasteiger partial charge on any atom is -0.460 e. The highest BCUT2D eigenvalue weighted by molar-refractivity contribution is 5.86. The van der Waals surface area contributed by atoms with Gasteiger partial charge in [-0.25, -0.2) is 9.59 Å². The number of carbonyl (C=O) groups is 2. The normalized spacial score (nSPS) is 22.5. The Hall–Kier alpha value is -1.66. The van der Waals surface area contributed by atoms with Gasteiger partial charge in [-0.3, -0.25) is 0 Å². The summed E-state index contributed by atoms with van der Waals surface area (Å²) in [5.74, 6) is -0.712. The summed E-state index contributed by atoms with van der Waals surface area (Å²) in [6.07, 6.45) is 3.47. The first-order chi connectivity index (χ1) is 10.0. The van der Waals surface area contributed by atoms with Crippen LogP contribution >= 0.6 is 0 Å². The molecular weight excluding hydrogens is 276 g/mol. The Labute approximate surface area is 124 Å². The summed E-state index contributed by atoms with van der Waals surface area (Å²) in [6.45, 7) is 10.6. The van der Waals surface area contributed by atoms with Gasteiger partial charge in [-0.05, 0) is 19.8 Å². The molecule has 0 bridgehead atoms.